The highest BCUT2D eigenvalue weighted by Crippen LogP contribution is 2.42. The summed E-state index contributed by atoms with van der Waals surface area (Å²) >= 11 is 0. The number of imidazole rings is 1. The predicted molar refractivity (Wildman–Crippen MR) is 226 cm³/mol. The van der Waals surface area contributed by atoms with E-state index in [2.05, 4.69) is 141 Å². The maximum atomic E-state index is 11.3. The van der Waals surface area contributed by atoms with Crippen LogP contribution in [0.3, 0.4) is 0 Å². The molecule has 0 radical (unpaired) electrons. The molecule has 55 heavy (non-hydrogen) atoms. The van der Waals surface area contributed by atoms with Crippen molar-refractivity contribution in [3.8, 4) is 56.3 Å². The summed E-state index contributed by atoms with van der Waals surface area (Å²) < 4.78 is 8.87. The summed E-state index contributed by atoms with van der Waals surface area (Å²) in [4.78, 5) is 10.3. The summed E-state index contributed by atoms with van der Waals surface area (Å²) in [5.74, 6) is 0.839. The molecule has 0 spiro atoms. The molecule has 0 saturated heterocycles. The maximum Gasteiger partial charge on any atom is 0.161 e. The van der Waals surface area contributed by atoms with Gasteiger partial charge in [0.15, 0.2) is 5.58 Å². The summed E-state index contributed by atoms with van der Waals surface area (Å²) in [5, 5.41) is 15.6. The first kappa shape index (κ1) is 32.7. The van der Waals surface area contributed by atoms with E-state index >= 15 is 0 Å². The molecule has 0 aliphatic carbocycles. The van der Waals surface area contributed by atoms with Crippen LogP contribution in [-0.2, 0) is 5.41 Å². The van der Waals surface area contributed by atoms with Crippen LogP contribution in [0.4, 0.5) is 0 Å². The summed E-state index contributed by atoms with van der Waals surface area (Å²) in [6.45, 7) is 6.72. The van der Waals surface area contributed by atoms with E-state index in [9.17, 15) is 5.11 Å². The van der Waals surface area contributed by atoms with E-state index in [1.165, 1.54) is 5.56 Å². The highest BCUT2D eigenvalue weighted by molar-refractivity contribution is 6.16. The Hall–Kier alpha value is -6.98. The Labute approximate surface area is 318 Å². The van der Waals surface area contributed by atoms with Gasteiger partial charge in [0, 0.05) is 39.0 Å². The van der Waals surface area contributed by atoms with Crippen molar-refractivity contribution in [2.45, 2.75) is 26.2 Å². The topological polar surface area (TPSA) is 64.1 Å². The molecule has 3 aromatic heterocycles. The molecule has 0 bridgehead atoms. The number of phenolic OH excluding ortho intramolecular Hbond substituents is 1. The SMILES string of the molecule is CC(C)(C)c1ccc(-n2c(-c3ccccc3O)nc3c(-c4cccc(-c5nccc6c5oc5c7ccccc7ccc65)c4)cccc32)c(-c2ccccc2)c1. The summed E-state index contributed by atoms with van der Waals surface area (Å²) in [6, 6.07) is 54.1. The van der Waals surface area contributed by atoms with Crippen molar-refractivity contribution < 1.29 is 9.52 Å². The molecule has 1 N–H and O–H groups in total. The van der Waals surface area contributed by atoms with Crippen LogP contribution in [0.1, 0.15) is 26.3 Å². The number of aromatic nitrogens is 3. The van der Waals surface area contributed by atoms with Crippen LogP contribution in [0.2, 0.25) is 0 Å². The van der Waals surface area contributed by atoms with E-state index in [0.717, 1.165) is 82.9 Å². The van der Waals surface area contributed by atoms with Gasteiger partial charge in [-0.2, -0.15) is 0 Å². The van der Waals surface area contributed by atoms with Gasteiger partial charge >= 0.3 is 0 Å². The second kappa shape index (κ2) is 12.6. The van der Waals surface area contributed by atoms with E-state index in [1.807, 2.05) is 42.6 Å². The fourth-order valence-corrected chi connectivity index (χ4v) is 7.94. The first-order valence-corrected chi connectivity index (χ1v) is 18.6. The third-order valence-corrected chi connectivity index (χ3v) is 10.7. The van der Waals surface area contributed by atoms with Crippen LogP contribution >= 0.6 is 0 Å². The number of benzene rings is 7. The smallest absolute Gasteiger partial charge is 0.161 e. The van der Waals surface area contributed by atoms with Crippen LogP contribution in [0, 0.1) is 0 Å². The molecule has 3 heterocycles. The molecule has 0 amide bonds. The molecule has 10 rings (SSSR count). The van der Waals surface area contributed by atoms with Gasteiger partial charge in [0.25, 0.3) is 0 Å². The van der Waals surface area contributed by atoms with Crippen LogP contribution in [0.5, 0.6) is 5.75 Å². The van der Waals surface area contributed by atoms with E-state index in [0.29, 0.717) is 11.4 Å². The molecule has 10 aromatic rings. The molecule has 5 heteroatoms. The lowest BCUT2D eigenvalue weighted by Gasteiger charge is -2.23. The number of phenols is 1. The molecule has 0 unspecified atom stereocenters. The van der Waals surface area contributed by atoms with Gasteiger partial charge in [0.2, 0.25) is 0 Å². The van der Waals surface area contributed by atoms with Gasteiger partial charge in [-0.1, -0.05) is 130 Å². The lowest BCUT2D eigenvalue weighted by molar-refractivity contribution is 0.477. The first-order chi connectivity index (χ1) is 26.8. The molecule has 264 valence electrons. The molecule has 5 nitrogen and oxygen atoms in total. The first-order valence-electron chi connectivity index (χ1n) is 18.6. The van der Waals surface area contributed by atoms with Crippen molar-refractivity contribution in [2.75, 3.05) is 0 Å². The molecule has 0 atom stereocenters. The van der Waals surface area contributed by atoms with Crippen LogP contribution in [-0.4, -0.2) is 19.6 Å². The molecular weight excluding hydrogens is 675 g/mol. The monoisotopic (exact) mass is 711 g/mol. The van der Waals surface area contributed by atoms with Crippen LogP contribution in [0.15, 0.2) is 168 Å². The zero-order valence-electron chi connectivity index (χ0n) is 30.8. The van der Waals surface area contributed by atoms with Gasteiger partial charge in [0.1, 0.15) is 22.9 Å². The highest BCUT2D eigenvalue weighted by Gasteiger charge is 2.24. The quantitative estimate of drug-likeness (QED) is 0.193. The summed E-state index contributed by atoms with van der Waals surface area (Å²) in [7, 11) is 0. The Morgan fingerprint density at radius 1 is 0.564 bits per heavy atom. The number of pyridine rings is 1. The molecule has 0 saturated carbocycles. The van der Waals surface area contributed by atoms with Gasteiger partial charge in [-0.25, -0.2) is 4.98 Å². The largest absolute Gasteiger partial charge is 0.507 e. The Morgan fingerprint density at radius 3 is 2.15 bits per heavy atom. The number of hydrogen-bond acceptors (Lipinski definition) is 4. The highest BCUT2D eigenvalue weighted by atomic mass is 16.3. The molecular formula is C50H37N3O2. The number of para-hydroxylation sites is 2. The standard InChI is InChI=1S/C50H37N3O2/c1-50(2,3)35-24-26-42(41(30-35)31-13-5-4-6-14-31)53-43-21-12-20-36(46(43)52-49(53)40-19-9-10-22-44(40)54)33-16-11-17-34(29-33)45-48-39(27-28-51-45)38-25-23-32-15-7-8-18-37(32)47(38)55-48/h4-30,54H,1-3H3. The van der Waals surface area contributed by atoms with Crippen molar-refractivity contribution in [3.05, 3.63) is 169 Å². The number of hydrogen-bond donors (Lipinski definition) is 1. The Morgan fingerprint density at radius 2 is 1.29 bits per heavy atom. The number of aromatic hydroxyl groups is 1. The maximum absolute atomic E-state index is 11.3. The fraction of sp³-hybridized carbons (Fsp3) is 0.0800. The zero-order valence-corrected chi connectivity index (χ0v) is 30.8. The minimum atomic E-state index is -0.0485. The molecule has 7 aromatic carbocycles. The van der Waals surface area contributed by atoms with Crippen molar-refractivity contribution >= 4 is 43.7 Å². The average Bonchev–Trinajstić information content (AvgIpc) is 3.80. The number of nitrogens with zero attached hydrogens (tertiary/aromatic N) is 3. The van der Waals surface area contributed by atoms with E-state index in [4.69, 9.17) is 14.4 Å². The average molecular weight is 712 g/mol. The van der Waals surface area contributed by atoms with Gasteiger partial charge in [-0.3, -0.25) is 9.55 Å². The minimum Gasteiger partial charge on any atom is -0.507 e. The normalized spacial score (nSPS) is 12.0. The van der Waals surface area contributed by atoms with Crippen molar-refractivity contribution in [1.82, 2.24) is 14.5 Å². The Balaban J connectivity index is 1.19. The third-order valence-electron chi connectivity index (χ3n) is 10.7. The molecule has 0 aliphatic rings. The van der Waals surface area contributed by atoms with Gasteiger partial charge in [0.05, 0.1) is 22.3 Å². The lowest BCUT2D eigenvalue weighted by atomic mass is 9.85. The number of fused-ring (bicyclic) bond motifs is 6. The molecule has 0 aliphatic heterocycles. The van der Waals surface area contributed by atoms with E-state index < -0.39 is 0 Å². The lowest BCUT2D eigenvalue weighted by Crippen LogP contribution is -2.12. The van der Waals surface area contributed by atoms with Crippen LogP contribution in [0.25, 0.3) is 94.3 Å². The van der Waals surface area contributed by atoms with Crippen LogP contribution < -0.4 is 0 Å². The summed E-state index contributed by atoms with van der Waals surface area (Å²) in [5.41, 5.74) is 12.2. The van der Waals surface area contributed by atoms with Crippen molar-refractivity contribution in [2.24, 2.45) is 0 Å². The Bertz CT molecular complexity index is 3090. The predicted octanol–water partition coefficient (Wildman–Crippen LogP) is 13.1. The van der Waals surface area contributed by atoms with Gasteiger partial charge in [-0.15, -0.1) is 0 Å². The van der Waals surface area contributed by atoms with Gasteiger partial charge < -0.3 is 9.52 Å². The fourth-order valence-electron chi connectivity index (χ4n) is 7.94. The van der Waals surface area contributed by atoms with E-state index in [1.54, 1.807) is 6.07 Å². The van der Waals surface area contributed by atoms with Crippen molar-refractivity contribution in [1.29, 1.82) is 0 Å². The second-order valence-corrected chi connectivity index (χ2v) is 15.2. The van der Waals surface area contributed by atoms with E-state index in [-0.39, 0.29) is 11.2 Å². The molecule has 0 fully saturated rings. The number of rotatable bonds is 5. The third kappa shape index (κ3) is 5.39. The van der Waals surface area contributed by atoms with Crippen molar-refractivity contribution in [3.63, 3.8) is 0 Å². The Kier molecular flexibility index (Phi) is 7.46. The second-order valence-electron chi connectivity index (χ2n) is 15.2. The minimum absolute atomic E-state index is 0.0485. The zero-order chi connectivity index (χ0) is 37.3. The summed E-state index contributed by atoms with van der Waals surface area (Å²) in [6.07, 6.45) is 1.87. The van der Waals surface area contributed by atoms with Gasteiger partial charge in [-0.05, 0) is 76.0 Å². The number of furan rings is 1.